The van der Waals surface area contributed by atoms with Crippen molar-refractivity contribution in [1.29, 1.82) is 5.41 Å². The second-order valence-electron chi connectivity index (χ2n) is 7.95. The summed E-state index contributed by atoms with van der Waals surface area (Å²) in [7, 11) is 0. The van der Waals surface area contributed by atoms with Gasteiger partial charge < -0.3 is 30.8 Å². The van der Waals surface area contributed by atoms with E-state index in [0.29, 0.717) is 5.56 Å². The summed E-state index contributed by atoms with van der Waals surface area (Å²) in [5, 5.41) is 26.2. The molecule has 166 valence electrons. The molecule has 12 heteroatoms. The number of hydrogen-bond donors (Lipinski definition) is 4. The summed E-state index contributed by atoms with van der Waals surface area (Å²) in [6.45, 7) is 4.74. The van der Waals surface area contributed by atoms with E-state index in [1.165, 1.54) is 23.6 Å². The molecule has 2 heterocycles. The van der Waals surface area contributed by atoms with Crippen LogP contribution in [0.3, 0.4) is 0 Å². The molecule has 2 aliphatic rings. The van der Waals surface area contributed by atoms with E-state index in [1.807, 2.05) is 0 Å². The van der Waals surface area contributed by atoms with E-state index < -0.39 is 51.9 Å². The molecule has 32 heavy (non-hydrogen) atoms. The Kier molecular flexibility index (Phi) is 8.38. The van der Waals surface area contributed by atoms with Crippen LogP contribution in [0.2, 0.25) is 0 Å². The third-order valence-corrected chi connectivity index (χ3v) is 6.75. The number of nitrogens with zero attached hydrogens (tertiary/aromatic N) is 1. The first kappa shape index (κ1) is 26.2. The van der Waals surface area contributed by atoms with E-state index in [4.69, 9.17) is 5.41 Å². The Morgan fingerprint density at radius 1 is 1.25 bits per heavy atom. The van der Waals surface area contributed by atoms with Crippen molar-refractivity contribution in [2.24, 2.45) is 0 Å². The zero-order chi connectivity index (χ0) is 22.9. The van der Waals surface area contributed by atoms with Crippen molar-refractivity contribution < 1.29 is 53.8 Å². The van der Waals surface area contributed by atoms with Crippen LogP contribution in [0.15, 0.2) is 30.3 Å². The van der Waals surface area contributed by atoms with Crippen LogP contribution in [0.4, 0.5) is 0 Å². The van der Waals surface area contributed by atoms with Gasteiger partial charge in [0.1, 0.15) is 17.5 Å². The topological polar surface area (TPSA) is 155 Å². The third-order valence-electron chi connectivity index (χ3n) is 5.18. The molecule has 4 atom stereocenters. The van der Waals surface area contributed by atoms with Crippen molar-refractivity contribution in [3.05, 3.63) is 35.9 Å². The van der Waals surface area contributed by atoms with Crippen LogP contribution in [0.1, 0.15) is 32.4 Å². The van der Waals surface area contributed by atoms with Crippen LogP contribution in [-0.2, 0) is 19.2 Å². The summed E-state index contributed by atoms with van der Waals surface area (Å²) in [4.78, 5) is 50.7. The minimum absolute atomic E-state index is 0. The average Bonchev–Trinajstić information content (AvgIpc) is 2.97. The van der Waals surface area contributed by atoms with Gasteiger partial charge in [0.05, 0.1) is 24.4 Å². The molecule has 3 amide bonds. The molecule has 4 N–H and O–H groups in total. The SMILES string of the molecule is CC(=N)NCC(=O)NC(C(=O)N[C@@H]1C(=O)N2[C@@H]1SC(C)(C)[C@@H]2C(=O)[O-])c1ccccc1.[Na+]. The number of fused-ring (bicyclic) bond motifs is 1. The number of aliphatic carboxylic acids is 1. The number of benzene rings is 1. The number of nitrogens with one attached hydrogen (secondary N) is 4. The molecule has 2 aliphatic heterocycles. The summed E-state index contributed by atoms with van der Waals surface area (Å²) < 4.78 is -0.762. The van der Waals surface area contributed by atoms with Crippen LogP contribution in [0, 0.1) is 5.41 Å². The Hall–Kier alpha value is -2.08. The zero-order valence-electron chi connectivity index (χ0n) is 18.3. The number of thioether (sulfide) groups is 1. The van der Waals surface area contributed by atoms with Crippen LogP contribution < -0.4 is 50.6 Å². The molecule has 0 aromatic heterocycles. The largest absolute Gasteiger partial charge is 1.00 e. The van der Waals surface area contributed by atoms with E-state index in [0.717, 1.165) is 0 Å². The van der Waals surface area contributed by atoms with Crippen LogP contribution >= 0.6 is 11.8 Å². The Morgan fingerprint density at radius 3 is 2.44 bits per heavy atom. The van der Waals surface area contributed by atoms with Gasteiger partial charge in [0.2, 0.25) is 17.7 Å². The molecule has 2 fully saturated rings. The molecule has 0 radical (unpaired) electrons. The van der Waals surface area contributed by atoms with E-state index in [-0.39, 0.29) is 41.9 Å². The van der Waals surface area contributed by atoms with Crippen LogP contribution in [0.25, 0.3) is 0 Å². The van der Waals surface area contributed by atoms with Gasteiger partial charge in [-0.1, -0.05) is 30.3 Å². The number of carbonyl (C=O) groups is 4. The number of carbonyl (C=O) groups excluding carboxylic acids is 4. The quantitative estimate of drug-likeness (QED) is 0.136. The maximum absolute atomic E-state index is 13.0. The average molecular weight is 469 g/mol. The Bertz CT molecular complexity index is 928. The van der Waals surface area contributed by atoms with Crippen molar-refractivity contribution >= 4 is 41.3 Å². The maximum Gasteiger partial charge on any atom is 1.00 e. The standard InChI is InChI=1S/C20H25N5O5S.Na/c1-10(21)22-9-12(26)23-13(11-7-5-4-6-8-11)16(27)24-14-17(28)25-15(19(29)30)20(2,3)31-18(14)25;/h4-8,13-15,18H,9H2,1-3H3,(H2,21,22)(H,23,26)(H,24,27)(H,29,30);/q;+1/p-1/t13?,14-,15+,18-;/m1./s1. The second-order valence-corrected chi connectivity index (χ2v) is 9.73. The van der Waals surface area contributed by atoms with E-state index in [9.17, 15) is 24.3 Å². The number of carboxylic acid groups (broad SMARTS) is 1. The number of β-lactam (4-membered cyclic amide) rings is 1. The summed E-state index contributed by atoms with van der Waals surface area (Å²) >= 11 is 1.29. The number of carboxylic acids is 1. The van der Waals surface area contributed by atoms with E-state index in [2.05, 4.69) is 16.0 Å². The monoisotopic (exact) mass is 469 g/mol. The fourth-order valence-electron chi connectivity index (χ4n) is 3.73. The smallest absolute Gasteiger partial charge is 0.548 e. The van der Waals surface area contributed by atoms with Gasteiger partial charge in [-0.3, -0.25) is 19.8 Å². The van der Waals surface area contributed by atoms with Gasteiger partial charge in [0.15, 0.2) is 0 Å². The summed E-state index contributed by atoms with van der Waals surface area (Å²) in [6, 6.07) is 5.53. The fraction of sp³-hybridized carbons (Fsp3) is 0.450. The van der Waals surface area contributed by atoms with Gasteiger partial charge in [-0.15, -0.1) is 11.8 Å². The maximum atomic E-state index is 13.0. The predicted octanol–water partition coefficient (Wildman–Crippen LogP) is -4.27. The Labute approximate surface area is 212 Å². The van der Waals surface area contributed by atoms with Crippen molar-refractivity contribution in [2.45, 2.75) is 49.0 Å². The Morgan fingerprint density at radius 2 is 1.88 bits per heavy atom. The molecule has 0 bridgehead atoms. The molecular formula is C20H24N5NaO5S. The molecule has 0 aliphatic carbocycles. The van der Waals surface area contributed by atoms with Gasteiger partial charge in [0.25, 0.3) is 0 Å². The number of amides is 3. The van der Waals surface area contributed by atoms with Gasteiger partial charge >= 0.3 is 29.6 Å². The first-order chi connectivity index (χ1) is 14.5. The normalized spacial score (nSPS) is 23.7. The van der Waals surface area contributed by atoms with Crippen molar-refractivity contribution in [3.8, 4) is 0 Å². The second kappa shape index (κ2) is 10.2. The molecule has 3 rings (SSSR count). The minimum atomic E-state index is -1.33. The van der Waals surface area contributed by atoms with Gasteiger partial charge in [-0.25, -0.2) is 0 Å². The van der Waals surface area contributed by atoms with Gasteiger partial charge in [-0.2, -0.15) is 0 Å². The Balaban J connectivity index is 0.00000363. The van der Waals surface area contributed by atoms with Crippen molar-refractivity contribution in [2.75, 3.05) is 6.54 Å². The number of rotatable bonds is 7. The predicted molar refractivity (Wildman–Crippen MR) is 112 cm³/mol. The molecule has 0 saturated carbocycles. The van der Waals surface area contributed by atoms with E-state index in [1.54, 1.807) is 44.2 Å². The molecule has 1 aromatic carbocycles. The molecule has 0 spiro atoms. The first-order valence-electron chi connectivity index (χ1n) is 9.67. The first-order valence-corrected chi connectivity index (χ1v) is 10.6. The molecular weight excluding hydrogens is 445 g/mol. The van der Waals surface area contributed by atoms with Crippen LogP contribution in [0.5, 0.6) is 0 Å². The van der Waals surface area contributed by atoms with Crippen molar-refractivity contribution in [3.63, 3.8) is 0 Å². The summed E-state index contributed by atoms with van der Waals surface area (Å²) in [5.41, 5.74) is 0.524. The zero-order valence-corrected chi connectivity index (χ0v) is 21.1. The molecule has 1 aromatic rings. The summed E-state index contributed by atoms with van der Waals surface area (Å²) in [6.07, 6.45) is 0. The number of amidine groups is 1. The fourth-order valence-corrected chi connectivity index (χ4v) is 5.35. The molecule has 1 unspecified atom stereocenters. The molecule has 10 nitrogen and oxygen atoms in total. The van der Waals surface area contributed by atoms with E-state index >= 15 is 0 Å². The third kappa shape index (κ3) is 5.28. The van der Waals surface area contributed by atoms with Crippen molar-refractivity contribution in [1.82, 2.24) is 20.9 Å². The van der Waals surface area contributed by atoms with Gasteiger partial charge in [0, 0.05) is 4.75 Å². The minimum Gasteiger partial charge on any atom is -0.548 e. The number of hydrogen-bond acceptors (Lipinski definition) is 7. The molecule has 2 saturated heterocycles. The van der Waals surface area contributed by atoms with Crippen LogP contribution in [-0.4, -0.2) is 63.2 Å². The summed E-state index contributed by atoms with van der Waals surface area (Å²) in [5.74, 6) is -2.80. The van der Waals surface area contributed by atoms with Gasteiger partial charge in [-0.05, 0) is 26.3 Å².